The molecule has 3 rings (SSSR count). The molecule has 1 aromatic carbocycles. The van der Waals surface area contributed by atoms with Crippen LogP contribution in [0.2, 0.25) is 0 Å². The lowest BCUT2D eigenvalue weighted by Crippen LogP contribution is -2.66. The molecule has 20 heavy (non-hydrogen) atoms. The van der Waals surface area contributed by atoms with Crippen molar-refractivity contribution in [2.75, 3.05) is 13.7 Å². The first kappa shape index (κ1) is 13.9. The fourth-order valence-electron chi connectivity index (χ4n) is 3.81. The molecule has 1 spiro atoms. The number of hydrogen-bond donors (Lipinski definition) is 1. The van der Waals surface area contributed by atoms with Crippen molar-refractivity contribution in [3.8, 4) is 5.75 Å². The third kappa shape index (κ3) is 2.23. The summed E-state index contributed by atoms with van der Waals surface area (Å²) in [5.74, 6) is 0.975. The van der Waals surface area contributed by atoms with E-state index in [1.165, 1.54) is 24.8 Å². The van der Waals surface area contributed by atoms with Crippen LogP contribution >= 0.6 is 0 Å². The van der Waals surface area contributed by atoms with Crippen LogP contribution in [-0.4, -0.2) is 25.9 Å². The van der Waals surface area contributed by atoms with Crippen LogP contribution in [0.5, 0.6) is 5.75 Å². The topological polar surface area (TPSA) is 30.5 Å². The van der Waals surface area contributed by atoms with Gasteiger partial charge in [0.2, 0.25) is 0 Å². The molecule has 110 valence electrons. The minimum absolute atomic E-state index is 0.429. The Labute approximate surface area is 121 Å². The fourth-order valence-corrected chi connectivity index (χ4v) is 3.81. The summed E-state index contributed by atoms with van der Waals surface area (Å²) >= 11 is 0. The van der Waals surface area contributed by atoms with Gasteiger partial charge in [0.05, 0.1) is 13.2 Å². The van der Waals surface area contributed by atoms with E-state index in [1.54, 1.807) is 7.11 Å². The van der Waals surface area contributed by atoms with Gasteiger partial charge in [-0.2, -0.15) is 0 Å². The smallest absolute Gasteiger partial charge is 0.123 e. The second-order valence-corrected chi connectivity index (χ2v) is 6.01. The summed E-state index contributed by atoms with van der Waals surface area (Å²) in [6.45, 7) is 3.82. The van der Waals surface area contributed by atoms with Gasteiger partial charge >= 0.3 is 0 Å². The first-order valence-electron chi connectivity index (χ1n) is 7.77. The molecule has 3 nitrogen and oxygen atoms in total. The number of ether oxygens (including phenoxy) is 2. The molecule has 3 heteroatoms. The number of methoxy groups -OCH3 is 1. The van der Waals surface area contributed by atoms with Gasteiger partial charge in [0.25, 0.3) is 0 Å². The van der Waals surface area contributed by atoms with Crippen molar-refractivity contribution in [1.29, 1.82) is 0 Å². The molecular weight excluding hydrogens is 250 g/mol. The van der Waals surface area contributed by atoms with E-state index in [9.17, 15) is 0 Å². The molecule has 2 atom stereocenters. The molecule has 2 aliphatic rings. The third-order valence-electron chi connectivity index (χ3n) is 5.17. The summed E-state index contributed by atoms with van der Waals surface area (Å²) in [5, 5.41) is 3.73. The SMILES string of the molecule is CCOC1CC(NCc2ccccc2OC)C12CCC2. The number of para-hydroxylation sites is 1. The van der Waals surface area contributed by atoms with Gasteiger partial charge in [0.15, 0.2) is 0 Å². The molecule has 1 aromatic rings. The summed E-state index contributed by atoms with van der Waals surface area (Å²) in [4.78, 5) is 0. The highest BCUT2D eigenvalue weighted by Gasteiger charge is 2.58. The highest BCUT2D eigenvalue weighted by Crippen LogP contribution is 2.57. The Morgan fingerprint density at radius 1 is 1.30 bits per heavy atom. The molecule has 0 bridgehead atoms. The van der Waals surface area contributed by atoms with Crippen molar-refractivity contribution in [3.63, 3.8) is 0 Å². The first-order valence-corrected chi connectivity index (χ1v) is 7.77. The van der Waals surface area contributed by atoms with Crippen LogP contribution in [0.1, 0.15) is 38.2 Å². The molecule has 1 N–H and O–H groups in total. The summed E-state index contributed by atoms with van der Waals surface area (Å²) in [6.07, 6.45) is 5.64. The number of hydrogen-bond acceptors (Lipinski definition) is 3. The van der Waals surface area contributed by atoms with E-state index >= 15 is 0 Å². The molecule has 0 saturated heterocycles. The Bertz CT molecular complexity index is 456. The third-order valence-corrected chi connectivity index (χ3v) is 5.17. The van der Waals surface area contributed by atoms with Gasteiger partial charge in [-0.1, -0.05) is 24.6 Å². The van der Waals surface area contributed by atoms with Gasteiger partial charge in [-0.3, -0.25) is 0 Å². The van der Waals surface area contributed by atoms with Crippen LogP contribution in [0.25, 0.3) is 0 Å². The van der Waals surface area contributed by atoms with Crippen molar-refractivity contribution >= 4 is 0 Å². The Hall–Kier alpha value is -1.06. The average Bonchev–Trinajstić information content (AvgIpc) is 2.40. The van der Waals surface area contributed by atoms with Crippen LogP contribution in [0.3, 0.4) is 0 Å². The van der Waals surface area contributed by atoms with Crippen LogP contribution in [0.15, 0.2) is 24.3 Å². The zero-order valence-electron chi connectivity index (χ0n) is 12.5. The van der Waals surface area contributed by atoms with E-state index in [1.807, 2.05) is 12.1 Å². The van der Waals surface area contributed by atoms with Gasteiger partial charge < -0.3 is 14.8 Å². The zero-order chi connectivity index (χ0) is 14.0. The molecule has 2 aliphatic carbocycles. The van der Waals surface area contributed by atoms with E-state index in [2.05, 4.69) is 24.4 Å². The van der Waals surface area contributed by atoms with Crippen LogP contribution < -0.4 is 10.1 Å². The molecular formula is C17H25NO2. The lowest BCUT2D eigenvalue weighted by Gasteiger charge is -2.61. The molecule has 2 fully saturated rings. The summed E-state index contributed by atoms with van der Waals surface area (Å²) in [5.41, 5.74) is 1.67. The maximum atomic E-state index is 5.90. The quantitative estimate of drug-likeness (QED) is 0.865. The van der Waals surface area contributed by atoms with E-state index < -0.39 is 0 Å². The number of benzene rings is 1. The monoisotopic (exact) mass is 275 g/mol. The van der Waals surface area contributed by atoms with Crippen LogP contribution in [-0.2, 0) is 11.3 Å². The summed E-state index contributed by atoms with van der Waals surface area (Å²) in [7, 11) is 1.74. The molecule has 0 radical (unpaired) electrons. The van der Waals surface area contributed by atoms with Crippen molar-refractivity contribution in [3.05, 3.63) is 29.8 Å². The van der Waals surface area contributed by atoms with E-state index in [4.69, 9.17) is 9.47 Å². The summed E-state index contributed by atoms with van der Waals surface area (Å²) < 4.78 is 11.3. The number of nitrogens with one attached hydrogen (secondary N) is 1. The predicted octanol–water partition coefficient (Wildman–Crippen LogP) is 3.13. The molecule has 2 saturated carbocycles. The van der Waals surface area contributed by atoms with Crippen molar-refractivity contribution in [2.24, 2.45) is 5.41 Å². The Kier molecular flexibility index (Phi) is 3.99. The lowest BCUT2D eigenvalue weighted by molar-refractivity contribution is -0.173. The van der Waals surface area contributed by atoms with Gasteiger partial charge in [-0.25, -0.2) is 0 Å². The largest absolute Gasteiger partial charge is 0.496 e. The predicted molar refractivity (Wildman–Crippen MR) is 79.9 cm³/mol. The second kappa shape index (κ2) is 5.74. The Balaban J connectivity index is 1.59. The minimum atomic E-state index is 0.429. The van der Waals surface area contributed by atoms with Crippen LogP contribution in [0.4, 0.5) is 0 Å². The normalized spacial score (nSPS) is 26.9. The maximum Gasteiger partial charge on any atom is 0.123 e. The van der Waals surface area contributed by atoms with Gasteiger partial charge in [-0.15, -0.1) is 0 Å². The van der Waals surface area contributed by atoms with Gasteiger partial charge in [0, 0.05) is 30.2 Å². The lowest BCUT2D eigenvalue weighted by atomic mass is 9.51. The molecule has 0 aliphatic heterocycles. The number of rotatable bonds is 6. The van der Waals surface area contributed by atoms with Crippen LogP contribution in [0, 0.1) is 5.41 Å². The second-order valence-electron chi connectivity index (χ2n) is 6.01. The highest BCUT2D eigenvalue weighted by atomic mass is 16.5. The van der Waals surface area contributed by atoms with E-state index in [0.29, 0.717) is 17.6 Å². The summed E-state index contributed by atoms with van der Waals surface area (Å²) in [6, 6.07) is 8.86. The van der Waals surface area contributed by atoms with Crippen molar-refractivity contribution < 1.29 is 9.47 Å². The standard InChI is InChI=1S/C17H25NO2/c1-3-20-16-11-15(17(16)9-6-10-17)18-12-13-7-4-5-8-14(13)19-2/h4-5,7-8,15-16,18H,3,6,9-12H2,1-2H3. The zero-order valence-corrected chi connectivity index (χ0v) is 12.5. The van der Waals surface area contributed by atoms with E-state index in [-0.39, 0.29) is 0 Å². The van der Waals surface area contributed by atoms with Crippen molar-refractivity contribution in [1.82, 2.24) is 5.32 Å². The van der Waals surface area contributed by atoms with E-state index in [0.717, 1.165) is 25.3 Å². The molecule has 0 amide bonds. The van der Waals surface area contributed by atoms with Crippen molar-refractivity contribution in [2.45, 2.75) is 51.3 Å². The average molecular weight is 275 g/mol. The maximum absolute atomic E-state index is 5.90. The van der Waals surface area contributed by atoms with Gasteiger partial charge in [0.1, 0.15) is 5.75 Å². The highest BCUT2D eigenvalue weighted by molar-refractivity contribution is 5.33. The molecule has 0 heterocycles. The van der Waals surface area contributed by atoms with Gasteiger partial charge in [-0.05, 0) is 32.3 Å². The first-order chi connectivity index (χ1) is 9.80. The Morgan fingerprint density at radius 2 is 2.10 bits per heavy atom. The Morgan fingerprint density at radius 3 is 2.75 bits per heavy atom. The fraction of sp³-hybridized carbons (Fsp3) is 0.647. The minimum Gasteiger partial charge on any atom is -0.496 e. The molecule has 2 unspecified atom stereocenters. The molecule has 0 aromatic heterocycles.